The zero-order chi connectivity index (χ0) is 21.0. The largest absolute Gasteiger partial charge is 0.623 e. The molecule has 1 aromatic rings. The number of esters is 1. The second kappa shape index (κ2) is 8.45. The first-order valence-corrected chi connectivity index (χ1v) is 9.53. The standard InChI is InChI=1S/C22H31NO5/c1-7-8-12-15-22(27-20(2,3)21(4,5)28-22)18(19(24)26-6)23(25)16-17-13-10-9-11-14-17/h7,9-11,13-14,16,18H,1,8,12,15H2,2-6H3/b23-16-. The topological polar surface area (TPSA) is 70.8 Å². The monoisotopic (exact) mass is 389 g/mol. The normalized spacial score (nSPS) is 21.1. The van der Waals surface area contributed by atoms with Crippen molar-refractivity contribution in [3.05, 3.63) is 53.8 Å². The third kappa shape index (κ3) is 4.45. The Kier molecular flexibility index (Phi) is 6.67. The number of allylic oxidation sites excluding steroid dienone is 1. The van der Waals surface area contributed by atoms with Crippen molar-refractivity contribution in [3.63, 3.8) is 0 Å². The number of ether oxygens (including phenoxy) is 3. The highest BCUT2D eigenvalue weighted by molar-refractivity contribution is 5.79. The first-order valence-electron chi connectivity index (χ1n) is 9.53. The van der Waals surface area contributed by atoms with Gasteiger partial charge in [0.15, 0.2) is 6.21 Å². The van der Waals surface area contributed by atoms with E-state index in [0.29, 0.717) is 29.6 Å². The zero-order valence-corrected chi connectivity index (χ0v) is 17.4. The molecule has 1 heterocycles. The van der Waals surface area contributed by atoms with E-state index in [1.807, 2.05) is 45.9 Å². The summed E-state index contributed by atoms with van der Waals surface area (Å²) >= 11 is 0. The van der Waals surface area contributed by atoms with Crippen LogP contribution in [0.3, 0.4) is 0 Å². The molecule has 6 heteroatoms. The van der Waals surface area contributed by atoms with Crippen molar-refractivity contribution < 1.29 is 23.7 Å². The Balaban J connectivity index is 2.52. The van der Waals surface area contributed by atoms with Crippen molar-refractivity contribution in [2.45, 2.75) is 70.0 Å². The van der Waals surface area contributed by atoms with Crippen molar-refractivity contribution in [3.8, 4) is 0 Å². The Bertz CT molecular complexity index is 708. The van der Waals surface area contributed by atoms with Gasteiger partial charge < -0.3 is 19.4 Å². The molecule has 1 aromatic carbocycles. The van der Waals surface area contributed by atoms with Gasteiger partial charge in [0.2, 0.25) is 5.79 Å². The fraction of sp³-hybridized carbons (Fsp3) is 0.545. The zero-order valence-electron chi connectivity index (χ0n) is 17.4. The van der Waals surface area contributed by atoms with Gasteiger partial charge in [-0.2, -0.15) is 4.74 Å². The molecular formula is C22H31NO5. The number of methoxy groups -OCH3 is 1. The summed E-state index contributed by atoms with van der Waals surface area (Å²) in [6.45, 7) is 11.3. The maximum Gasteiger partial charge on any atom is 0.382 e. The molecule has 0 saturated carbocycles. The van der Waals surface area contributed by atoms with Gasteiger partial charge in [-0.25, -0.2) is 4.79 Å². The smallest absolute Gasteiger partial charge is 0.382 e. The number of nitrogens with zero attached hydrogens (tertiary/aromatic N) is 1. The highest BCUT2D eigenvalue weighted by Gasteiger charge is 2.65. The van der Waals surface area contributed by atoms with Crippen LogP contribution in [0.5, 0.6) is 0 Å². The Morgan fingerprint density at radius 2 is 1.79 bits per heavy atom. The highest BCUT2D eigenvalue weighted by atomic mass is 16.8. The van der Waals surface area contributed by atoms with Gasteiger partial charge in [-0.15, -0.1) is 6.58 Å². The van der Waals surface area contributed by atoms with E-state index in [4.69, 9.17) is 14.2 Å². The summed E-state index contributed by atoms with van der Waals surface area (Å²) < 4.78 is 18.2. The lowest BCUT2D eigenvalue weighted by Crippen LogP contribution is -2.55. The summed E-state index contributed by atoms with van der Waals surface area (Å²) in [4.78, 5) is 12.7. The third-order valence-corrected chi connectivity index (χ3v) is 5.41. The second-order valence-electron chi connectivity index (χ2n) is 8.04. The van der Waals surface area contributed by atoms with E-state index in [0.717, 1.165) is 0 Å². The average Bonchev–Trinajstić information content (AvgIpc) is 2.80. The van der Waals surface area contributed by atoms with Crippen LogP contribution in [0, 0.1) is 5.21 Å². The number of hydroxylamine groups is 1. The minimum atomic E-state index is -1.43. The van der Waals surface area contributed by atoms with Gasteiger partial charge in [0.05, 0.1) is 18.3 Å². The molecule has 0 N–H and O–H groups in total. The molecule has 1 fully saturated rings. The number of hydrogen-bond acceptors (Lipinski definition) is 5. The molecule has 0 bridgehead atoms. The molecule has 0 spiro atoms. The summed E-state index contributed by atoms with van der Waals surface area (Å²) in [7, 11) is 1.26. The summed E-state index contributed by atoms with van der Waals surface area (Å²) in [5, 5.41) is 13.1. The molecule has 1 unspecified atom stereocenters. The van der Waals surface area contributed by atoms with Gasteiger partial charge in [-0.05, 0) is 52.7 Å². The van der Waals surface area contributed by atoms with Crippen molar-refractivity contribution in [1.29, 1.82) is 0 Å². The van der Waals surface area contributed by atoms with E-state index in [2.05, 4.69) is 6.58 Å². The molecule has 2 rings (SSSR count). The fourth-order valence-electron chi connectivity index (χ4n) is 3.32. The van der Waals surface area contributed by atoms with Crippen LogP contribution in [0.2, 0.25) is 0 Å². The lowest BCUT2D eigenvalue weighted by atomic mass is 9.90. The highest BCUT2D eigenvalue weighted by Crippen LogP contribution is 2.48. The van der Waals surface area contributed by atoms with E-state index in [1.165, 1.54) is 13.3 Å². The van der Waals surface area contributed by atoms with Crippen LogP contribution in [-0.2, 0) is 19.0 Å². The molecule has 154 valence electrons. The number of benzene rings is 1. The van der Waals surface area contributed by atoms with E-state index in [9.17, 15) is 10.0 Å². The lowest BCUT2D eigenvalue weighted by Gasteiger charge is -2.33. The van der Waals surface area contributed by atoms with Crippen LogP contribution < -0.4 is 0 Å². The molecule has 1 aliphatic heterocycles. The number of carbonyl (C=O) groups excluding carboxylic acids is 1. The van der Waals surface area contributed by atoms with Gasteiger partial charge in [-0.3, -0.25) is 0 Å². The molecular weight excluding hydrogens is 358 g/mol. The molecule has 1 saturated heterocycles. The third-order valence-electron chi connectivity index (χ3n) is 5.41. The summed E-state index contributed by atoms with van der Waals surface area (Å²) in [6.07, 6.45) is 4.87. The first kappa shape index (κ1) is 22.1. The summed E-state index contributed by atoms with van der Waals surface area (Å²) in [6, 6.07) is 7.77. The molecule has 0 radical (unpaired) electrons. The van der Waals surface area contributed by atoms with Crippen LogP contribution in [-0.4, -0.2) is 47.1 Å². The fourth-order valence-corrected chi connectivity index (χ4v) is 3.32. The minimum Gasteiger partial charge on any atom is -0.623 e. The average molecular weight is 389 g/mol. The lowest BCUT2D eigenvalue weighted by molar-refractivity contribution is -0.529. The van der Waals surface area contributed by atoms with E-state index >= 15 is 0 Å². The van der Waals surface area contributed by atoms with Gasteiger partial charge in [0.25, 0.3) is 0 Å². The molecule has 0 amide bonds. The number of unbranched alkanes of at least 4 members (excludes halogenated alkanes) is 1. The molecule has 0 aromatic heterocycles. The van der Waals surface area contributed by atoms with Gasteiger partial charge in [0, 0.05) is 12.0 Å². The predicted octanol–water partition coefficient (Wildman–Crippen LogP) is 3.81. The summed E-state index contributed by atoms with van der Waals surface area (Å²) in [5.74, 6) is -2.13. The quantitative estimate of drug-likeness (QED) is 0.129. The number of rotatable bonds is 8. The SMILES string of the molecule is C=CCCCC1(C(C(=O)OC)/[N+]([O-])=C/c2ccccc2)OC(C)(C)C(C)(C)O1. The number of carbonyl (C=O) groups is 1. The van der Waals surface area contributed by atoms with Crippen LogP contribution >= 0.6 is 0 Å². The van der Waals surface area contributed by atoms with Crippen LogP contribution in [0.4, 0.5) is 0 Å². The second-order valence-corrected chi connectivity index (χ2v) is 8.04. The Morgan fingerprint density at radius 3 is 2.29 bits per heavy atom. The Labute approximate surface area is 167 Å². The van der Waals surface area contributed by atoms with Crippen LogP contribution in [0.15, 0.2) is 43.0 Å². The van der Waals surface area contributed by atoms with Gasteiger partial charge in [0.1, 0.15) is 0 Å². The van der Waals surface area contributed by atoms with Crippen LogP contribution in [0.25, 0.3) is 0 Å². The Morgan fingerprint density at radius 1 is 1.21 bits per heavy atom. The van der Waals surface area contributed by atoms with Crippen molar-refractivity contribution in [2.24, 2.45) is 0 Å². The van der Waals surface area contributed by atoms with E-state index < -0.39 is 29.0 Å². The van der Waals surface area contributed by atoms with Crippen molar-refractivity contribution in [2.75, 3.05) is 7.11 Å². The van der Waals surface area contributed by atoms with Gasteiger partial charge in [-0.1, -0.05) is 24.3 Å². The maximum atomic E-state index is 13.1. The maximum absolute atomic E-state index is 13.1. The number of hydrogen-bond donors (Lipinski definition) is 0. The van der Waals surface area contributed by atoms with Gasteiger partial charge >= 0.3 is 12.0 Å². The molecule has 1 atom stereocenters. The molecule has 6 nitrogen and oxygen atoms in total. The Hall–Kier alpha value is -2.18. The summed E-state index contributed by atoms with van der Waals surface area (Å²) in [5.41, 5.74) is -0.744. The van der Waals surface area contributed by atoms with Crippen LogP contribution in [0.1, 0.15) is 52.5 Å². The molecule has 28 heavy (non-hydrogen) atoms. The van der Waals surface area contributed by atoms with E-state index in [-0.39, 0.29) is 0 Å². The minimum absolute atomic E-state index is 0.354. The predicted molar refractivity (Wildman–Crippen MR) is 108 cm³/mol. The van der Waals surface area contributed by atoms with Crippen molar-refractivity contribution >= 4 is 12.2 Å². The molecule has 1 aliphatic rings. The van der Waals surface area contributed by atoms with Crippen molar-refractivity contribution in [1.82, 2.24) is 0 Å². The van der Waals surface area contributed by atoms with E-state index in [1.54, 1.807) is 18.2 Å². The first-order chi connectivity index (χ1) is 13.1. The molecule has 0 aliphatic carbocycles.